The standard InChI is InChI=1S/C10H17NOS/c1-2-3-8(6-11)10(12)9-4-5-13-7-9/h8-10,12H,2-5,7H2,1H3. The van der Waals surface area contributed by atoms with E-state index in [2.05, 4.69) is 13.0 Å². The highest BCUT2D eigenvalue weighted by Crippen LogP contribution is 2.30. The molecule has 0 aromatic rings. The molecule has 1 heterocycles. The first-order valence-electron chi connectivity index (χ1n) is 4.95. The fourth-order valence-electron chi connectivity index (χ4n) is 1.77. The Morgan fingerprint density at radius 3 is 2.92 bits per heavy atom. The number of aliphatic hydroxyl groups is 1. The number of aliphatic hydroxyl groups excluding tert-OH is 1. The minimum atomic E-state index is -0.389. The molecule has 0 radical (unpaired) electrons. The van der Waals surface area contributed by atoms with Gasteiger partial charge < -0.3 is 5.11 Å². The van der Waals surface area contributed by atoms with Crippen molar-refractivity contribution in [3.05, 3.63) is 0 Å². The van der Waals surface area contributed by atoms with E-state index in [9.17, 15) is 5.11 Å². The summed E-state index contributed by atoms with van der Waals surface area (Å²) in [7, 11) is 0. The van der Waals surface area contributed by atoms with E-state index in [0.29, 0.717) is 5.92 Å². The van der Waals surface area contributed by atoms with Gasteiger partial charge in [-0.15, -0.1) is 0 Å². The first-order chi connectivity index (χ1) is 6.29. The van der Waals surface area contributed by atoms with Gasteiger partial charge in [0.15, 0.2) is 0 Å². The summed E-state index contributed by atoms with van der Waals surface area (Å²) >= 11 is 1.89. The highest BCUT2D eigenvalue weighted by atomic mass is 32.2. The van der Waals surface area contributed by atoms with Gasteiger partial charge in [0.2, 0.25) is 0 Å². The summed E-state index contributed by atoms with van der Waals surface area (Å²) in [6.45, 7) is 2.06. The third-order valence-corrected chi connectivity index (χ3v) is 3.81. The molecule has 1 rings (SSSR count). The van der Waals surface area contributed by atoms with Gasteiger partial charge in [-0.1, -0.05) is 13.3 Å². The zero-order valence-corrected chi connectivity index (χ0v) is 8.89. The van der Waals surface area contributed by atoms with Gasteiger partial charge in [0.1, 0.15) is 0 Å². The van der Waals surface area contributed by atoms with Crippen molar-refractivity contribution < 1.29 is 5.11 Å². The van der Waals surface area contributed by atoms with Crippen LogP contribution in [0.5, 0.6) is 0 Å². The van der Waals surface area contributed by atoms with Crippen molar-refractivity contribution in [1.82, 2.24) is 0 Å². The van der Waals surface area contributed by atoms with Crippen molar-refractivity contribution in [2.75, 3.05) is 11.5 Å². The van der Waals surface area contributed by atoms with E-state index in [0.717, 1.165) is 30.8 Å². The number of nitrogens with zero attached hydrogens (tertiary/aromatic N) is 1. The minimum Gasteiger partial charge on any atom is -0.391 e. The number of nitriles is 1. The summed E-state index contributed by atoms with van der Waals surface area (Å²) in [5, 5.41) is 18.8. The van der Waals surface area contributed by atoms with Gasteiger partial charge in [-0.25, -0.2) is 0 Å². The third-order valence-electron chi connectivity index (χ3n) is 2.63. The molecule has 0 saturated carbocycles. The first-order valence-corrected chi connectivity index (χ1v) is 6.10. The summed E-state index contributed by atoms with van der Waals surface area (Å²) in [6.07, 6.45) is 2.50. The van der Waals surface area contributed by atoms with Crippen molar-refractivity contribution in [3.8, 4) is 6.07 Å². The van der Waals surface area contributed by atoms with Crippen LogP contribution in [0.4, 0.5) is 0 Å². The maximum absolute atomic E-state index is 9.90. The second-order valence-corrected chi connectivity index (χ2v) is 4.79. The molecule has 3 atom stereocenters. The molecule has 0 aliphatic carbocycles. The Kier molecular flexibility index (Phi) is 4.61. The number of hydrogen-bond acceptors (Lipinski definition) is 3. The van der Waals surface area contributed by atoms with Crippen LogP contribution in [0.25, 0.3) is 0 Å². The molecular formula is C10H17NOS. The Morgan fingerprint density at radius 1 is 1.69 bits per heavy atom. The van der Waals surface area contributed by atoms with Crippen LogP contribution >= 0.6 is 11.8 Å². The number of hydrogen-bond donors (Lipinski definition) is 1. The van der Waals surface area contributed by atoms with Crippen LogP contribution in [0.1, 0.15) is 26.2 Å². The van der Waals surface area contributed by atoms with E-state index in [1.807, 2.05) is 11.8 Å². The van der Waals surface area contributed by atoms with E-state index < -0.39 is 0 Å². The molecule has 0 amide bonds. The van der Waals surface area contributed by atoms with Crippen molar-refractivity contribution in [1.29, 1.82) is 5.26 Å². The quantitative estimate of drug-likeness (QED) is 0.753. The van der Waals surface area contributed by atoms with Crippen LogP contribution in [0.15, 0.2) is 0 Å². The lowest BCUT2D eigenvalue weighted by atomic mass is 9.88. The van der Waals surface area contributed by atoms with Crippen molar-refractivity contribution in [3.63, 3.8) is 0 Å². The van der Waals surface area contributed by atoms with Gasteiger partial charge in [-0.05, 0) is 30.3 Å². The highest BCUT2D eigenvalue weighted by molar-refractivity contribution is 7.99. The summed E-state index contributed by atoms with van der Waals surface area (Å²) in [5.41, 5.74) is 0. The van der Waals surface area contributed by atoms with Crippen LogP contribution in [0, 0.1) is 23.2 Å². The van der Waals surface area contributed by atoms with Crippen molar-refractivity contribution in [2.24, 2.45) is 11.8 Å². The highest BCUT2D eigenvalue weighted by Gasteiger charge is 2.29. The van der Waals surface area contributed by atoms with E-state index in [-0.39, 0.29) is 12.0 Å². The predicted octanol–water partition coefficient (Wildman–Crippen LogP) is 2.04. The minimum absolute atomic E-state index is 0.145. The third kappa shape index (κ3) is 2.89. The second-order valence-electron chi connectivity index (χ2n) is 3.64. The van der Waals surface area contributed by atoms with Gasteiger partial charge >= 0.3 is 0 Å². The van der Waals surface area contributed by atoms with E-state index in [1.165, 1.54) is 0 Å². The molecule has 1 N–H and O–H groups in total. The average molecular weight is 199 g/mol. The SMILES string of the molecule is CCCC(C#N)C(O)C1CCSC1. The first kappa shape index (κ1) is 10.9. The number of rotatable bonds is 4. The lowest BCUT2D eigenvalue weighted by molar-refractivity contribution is 0.0786. The molecule has 1 saturated heterocycles. The molecule has 0 bridgehead atoms. The van der Waals surface area contributed by atoms with Gasteiger partial charge in [0, 0.05) is 0 Å². The maximum Gasteiger partial charge on any atom is 0.0734 e. The van der Waals surface area contributed by atoms with Crippen LogP contribution in [-0.4, -0.2) is 22.7 Å². The summed E-state index contributed by atoms with van der Waals surface area (Å²) in [4.78, 5) is 0. The van der Waals surface area contributed by atoms with E-state index >= 15 is 0 Å². The topological polar surface area (TPSA) is 44.0 Å². The fourth-order valence-corrected chi connectivity index (χ4v) is 3.08. The van der Waals surface area contributed by atoms with E-state index in [4.69, 9.17) is 5.26 Å². The van der Waals surface area contributed by atoms with Crippen molar-refractivity contribution >= 4 is 11.8 Å². The van der Waals surface area contributed by atoms with Crippen LogP contribution in [-0.2, 0) is 0 Å². The smallest absolute Gasteiger partial charge is 0.0734 e. The van der Waals surface area contributed by atoms with Gasteiger partial charge in [0.05, 0.1) is 18.1 Å². The monoisotopic (exact) mass is 199 g/mol. The lowest BCUT2D eigenvalue weighted by Gasteiger charge is -2.21. The Hall–Kier alpha value is -0.200. The molecule has 74 valence electrons. The Labute approximate surface area is 84.3 Å². The van der Waals surface area contributed by atoms with Crippen LogP contribution in [0.3, 0.4) is 0 Å². The molecule has 1 aliphatic heterocycles. The fraction of sp³-hybridized carbons (Fsp3) is 0.900. The van der Waals surface area contributed by atoms with E-state index in [1.54, 1.807) is 0 Å². The summed E-state index contributed by atoms with van der Waals surface area (Å²) < 4.78 is 0. The predicted molar refractivity (Wildman–Crippen MR) is 55.4 cm³/mol. The van der Waals surface area contributed by atoms with Crippen molar-refractivity contribution in [2.45, 2.75) is 32.3 Å². The average Bonchev–Trinajstić information content (AvgIpc) is 2.65. The number of thioether (sulfide) groups is 1. The Balaban J connectivity index is 2.43. The molecule has 13 heavy (non-hydrogen) atoms. The van der Waals surface area contributed by atoms with Crippen LogP contribution < -0.4 is 0 Å². The summed E-state index contributed by atoms with van der Waals surface area (Å²) in [6, 6.07) is 2.22. The largest absolute Gasteiger partial charge is 0.391 e. The second kappa shape index (κ2) is 5.51. The van der Waals surface area contributed by atoms with Gasteiger partial charge in [-0.2, -0.15) is 17.0 Å². The molecule has 1 aliphatic rings. The van der Waals surface area contributed by atoms with Gasteiger partial charge in [-0.3, -0.25) is 0 Å². The molecule has 3 heteroatoms. The molecule has 0 aromatic heterocycles. The molecule has 1 fully saturated rings. The lowest BCUT2D eigenvalue weighted by Crippen LogP contribution is -2.28. The zero-order chi connectivity index (χ0) is 9.68. The molecule has 0 spiro atoms. The Bertz CT molecular complexity index is 184. The summed E-state index contributed by atoms with van der Waals surface area (Å²) in [5.74, 6) is 2.39. The molecule has 3 unspecified atom stereocenters. The zero-order valence-electron chi connectivity index (χ0n) is 8.07. The van der Waals surface area contributed by atoms with Gasteiger partial charge in [0.25, 0.3) is 0 Å². The molecular weight excluding hydrogens is 182 g/mol. The molecule has 2 nitrogen and oxygen atoms in total. The van der Waals surface area contributed by atoms with Crippen LogP contribution in [0.2, 0.25) is 0 Å². The Morgan fingerprint density at radius 2 is 2.46 bits per heavy atom. The maximum atomic E-state index is 9.90. The molecule has 0 aromatic carbocycles. The normalized spacial score (nSPS) is 26.7.